The highest BCUT2D eigenvalue weighted by atomic mass is 32.2. The first-order chi connectivity index (χ1) is 13.9. The van der Waals surface area contributed by atoms with Crippen LogP contribution in [0.4, 0.5) is 5.95 Å². The maximum atomic E-state index is 12.6. The fourth-order valence-electron chi connectivity index (χ4n) is 2.78. The van der Waals surface area contributed by atoms with Gasteiger partial charge in [0.2, 0.25) is 20.9 Å². The number of nitrogens with zero attached hydrogens (tertiary/aromatic N) is 3. The fraction of sp³-hybridized carbons (Fsp3) is 0.389. The number of nitrogens with one attached hydrogen (secondary N) is 2. The zero-order valence-corrected chi connectivity index (χ0v) is 17.8. The third-order valence-corrected chi connectivity index (χ3v) is 6.58. The molecule has 0 spiro atoms. The van der Waals surface area contributed by atoms with Crippen molar-refractivity contribution < 1.29 is 17.9 Å². The number of benzene rings is 1. The summed E-state index contributed by atoms with van der Waals surface area (Å²) in [5.41, 5.74) is 0.953. The SMILES string of the molecule is COC(=O)[C@H](CCCCNc1nsc2nccn12)NS(=O)(=O)c1ccc(C)cc1. The molecule has 0 saturated heterocycles. The standard InChI is InChI=1S/C18H23N5O4S2/c1-13-6-8-14(9-7-13)29(25,26)22-15(16(24)27-2)5-3-4-10-19-17-21-28-18-20-11-12-23(17)18/h6-9,11-12,15,22H,3-5,10H2,1-2H3,(H,19,21)/t15-/m0/s1. The Balaban J connectivity index is 1.53. The quantitative estimate of drug-likeness (QED) is 0.369. The molecule has 29 heavy (non-hydrogen) atoms. The van der Waals surface area contributed by atoms with Gasteiger partial charge in [0.25, 0.3) is 0 Å². The Morgan fingerprint density at radius 1 is 1.28 bits per heavy atom. The van der Waals surface area contributed by atoms with Crippen LogP contribution in [0.15, 0.2) is 41.6 Å². The lowest BCUT2D eigenvalue weighted by molar-refractivity contribution is -0.142. The summed E-state index contributed by atoms with van der Waals surface area (Å²) in [4.78, 5) is 17.1. The number of aryl methyl sites for hydroxylation is 1. The minimum Gasteiger partial charge on any atom is -0.468 e. The number of carbonyl (C=O) groups is 1. The number of ether oxygens (including phenoxy) is 1. The molecular formula is C18H23N5O4S2. The molecule has 0 fully saturated rings. The topological polar surface area (TPSA) is 115 Å². The summed E-state index contributed by atoms with van der Waals surface area (Å²) < 4.78 is 38.5. The van der Waals surface area contributed by atoms with E-state index in [1.165, 1.54) is 30.8 Å². The molecule has 0 aliphatic rings. The largest absolute Gasteiger partial charge is 0.468 e. The van der Waals surface area contributed by atoms with Gasteiger partial charge in [-0.15, -0.1) is 0 Å². The van der Waals surface area contributed by atoms with Crippen LogP contribution in [0, 0.1) is 6.92 Å². The van der Waals surface area contributed by atoms with Gasteiger partial charge in [-0.05, 0) is 38.3 Å². The predicted molar refractivity (Wildman–Crippen MR) is 111 cm³/mol. The minimum absolute atomic E-state index is 0.117. The number of anilines is 1. The number of esters is 1. The van der Waals surface area contributed by atoms with Crippen molar-refractivity contribution in [2.24, 2.45) is 0 Å². The second-order valence-corrected chi connectivity index (χ2v) is 8.96. The number of sulfonamides is 1. The Morgan fingerprint density at radius 3 is 2.76 bits per heavy atom. The Bertz CT molecular complexity index is 1060. The third-order valence-electron chi connectivity index (χ3n) is 4.37. The molecule has 3 aromatic rings. The second kappa shape index (κ2) is 9.33. The highest BCUT2D eigenvalue weighted by molar-refractivity contribution is 7.89. The van der Waals surface area contributed by atoms with Crippen LogP contribution in [0.2, 0.25) is 0 Å². The Kier molecular flexibility index (Phi) is 6.83. The average molecular weight is 438 g/mol. The van der Waals surface area contributed by atoms with Gasteiger partial charge in [0.1, 0.15) is 6.04 Å². The third kappa shape index (κ3) is 5.31. The van der Waals surface area contributed by atoms with Gasteiger partial charge < -0.3 is 10.1 Å². The first-order valence-electron chi connectivity index (χ1n) is 9.10. The molecule has 0 saturated carbocycles. The van der Waals surface area contributed by atoms with Crippen LogP contribution in [0.25, 0.3) is 4.96 Å². The van der Waals surface area contributed by atoms with E-state index < -0.39 is 22.0 Å². The number of fused-ring (bicyclic) bond motifs is 1. The maximum Gasteiger partial charge on any atom is 0.323 e. The summed E-state index contributed by atoms with van der Waals surface area (Å²) in [5.74, 6) is 0.111. The monoisotopic (exact) mass is 437 g/mol. The van der Waals surface area contributed by atoms with E-state index in [9.17, 15) is 13.2 Å². The molecule has 0 unspecified atom stereocenters. The summed E-state index contributed by atoms with van der Waals surface area (Å²) in [7, 11) is -2.57. The number of methoxy groups -OCH3 is 1. The number of hydrogen-bond donors (Lipinski definition) is 2. The highest BCUT2D eigenvalue weighted by Gasteiger charge is 2.26. The van der Waals surface area contributed by atoms with Gasteiger partial charge in [-0.25, -0.2) is 13.4 Å². The summed E-state index contributed by atoms with van der Waals surface area (Å²) in [5, 5.41) is 3.22. The molecule has 2 aromatic heterocycles. The summed E-state index contributed by atoms with van der Waals surface area (Å²) in [6.07, 6.45) is 5.22. The Morgan fingerprint density at radius 2 is 2.03 bits per heavy atom. The van der Waals surface area contributed by atoms with E-state index in [0.717, 1.165) is 16.9 Å². The average Bonchev–Trinajstić information content (AvgIpc) is 3.31. The van der Waals surface area contributed by atoms with Gasteiger partial charge >= 0.3 is 5.97 Å². The van der Waals surface area contributed by atoms with Crippen molar-refractivity contribution in [1.29, 1.82) is 0 Å². The minimum atomic E-state index is -3.81. The van der Waals surface area contributed by atoms with E-state index in [2.05, 4.69) is 19.4 Å². The van der Waals surface area contributed by atoms with Gasteiger partial charge in [0.15, 0.2) is 0 Å². The molecular weight excluding hydrogens is 414 g/mol. The molecule has 2 N–H and O–H groups in total. The molecule has 11 heteroatoms. The summed E-state index contributed by atoms with van der Waals surface area (Å²) in [6, 6.07) is 5.51. The number of hydrogen-bond acceptors (Lipinski definition) is 8. The van der Waals surface area contributed by atoms with Crippen molar-refractivity contribution in [3.05, 3.63) is 42.2 Å². The van der Waals surface area contributed by atoms with Gasteiger partial charge in [0, 0.05) is 30.5 Å². The van der Waals surface area contributed by atoms with E-state index in [4.69, 9.17) is 4.74 Å². The number of rotatable bonds is 10. The van der Waals surface area contributed by atoms with Crippen LogP contribution in [-0.2, 0) is 19.6 Å². The normalized spacial score (nSPS) is 12.8. The van der Waals surface area contributed by atoms with E-state index in [1.807, 2.05) is 17.5 Å². The molecule has 0 bridgehead atoms. The van der Waals surface area contributed by atoms with Crippen LogP contribution >= 0.6 is 11.5 Å². The lowest BCUT2D eigenvalue weighted by atomic mass is 10.1. The predicted octanol–water partition coefficient (Wildman–Crippen LogP) is 2.20. The molecule has 3 rings (SSSR count). The van der Waals surface area contributed by atoms with E-state index in [1.54, 1.807) is 18.3 Å². The van der Waals surface area contributed by atoms with E-state index in [0.29, 0.717) is 25.3 Å². The first kappa shape index (κ1) is 21.2. The zero-order chi connectivity index (χ0) is 20.9. The van der Waals surface area contributed by atoms with Crippen molar-refractivity contribution in [3.63, 3.8) is 0 Å². The van der Waals surface area contributed by atoms with Gasteiger partial charge in [0.05, 0.1) is 12.0 Å². The molecule has 0 aliphatic heterocycles. The smallest absolute Gasteiger partial charge is 0.323 e. The highest BCUT2D eigenvalue weighted by Crippen LogP contribution is 2.15. The molecule has 0 radical (unpaired) electrons. The van der Waals surface area contributed by atoms with Crippen LogP contribution in [-0.4, -0.2) is 47.8 Å². The van der Waals surface area contributed by atoms with Crippen LogP contribution in [0.3, 0.4) is 0 Å². The fourth-order valence-corrected chi connectivity index (χ4v) is 4.66. The number of aromatic nitrogens is 3. The molecule has 0 amide bonds. The Hall–Kier alpha value is -2.50. The second-order valence-electron chi connectivity index (χ2n) is 6.52. The molecule has 9 nitrogen and oxygen atoms in total. The lowest BCUT2D eigenvalue weighted by Crippen LogP contribution is -2.41. The molecule has 156 valence electrons. The maximum absolute atomic E-state index is 12.6. The number of carbonyl (C=O) groups excluding carboxylic acids is 1. The molecule has 1 aromatic carbocycles. The number of unbranched alkanes of at least 4 members (excludes halogenated alkanes) is 1. The first-order valence-corrected chi connectivity index (χ1v) is 11.4. The van der Waals surface area contributed by atoms with Crippen LogP contribution in [0.1, 0.15) is 24.8 Å². The van der Waals surface area contributed by atoms with Crippen molar-refractivity contribution in [2.75, 3.05) is 19.0 Å². The lowest BCUT2D eigenvalue weighted by Gasteiger charge is -2.17. The van der Waals surface area contributed by atoms with Gasteiger partial charge in [-0.1, -0.05) is 17.7 Å². The van der Waals surface area contributed by atoms with Crippen LogP contribution < -0.4 is 10.0 Å². The van der Waals surface area contributed by atoms with Crippen molar-refractivity contribution in [2.45, 2.75) is 37.1 Å². The van der Waals surface area contributed by atoms with E-state index >= 15 is 0 Å². The van der Waals surface area contributed by atoms with Crippen molar-refractivity contribution >= 4 is 38.4 Å². The molecule has 1 atom stereocenters. The van der Waals surface area contributed by atoms with E-state index in [-0.39, 0.29) is 4.90 Å². The summed E-state index contributed by atoms with van der Waals surface area (Å²) >= 11 is 1.30. The Labute approximate surface area is 173 Å². The zero-order valence-electron chi connectivity index (χ0n) is 16.2. The number of imidazole rings is 1. The van der Waals surface area contributed by atoms with Gasteiger partial charge in [-0.3, -0.25) is 9.20 Å². The van der Waals surface area contributed by atoms with Crippen molar-refractivity contribution in [3.8, 4) is 0 Å². The van der Waals surface area contributed by atoms with Crippen LogP contribution in [0.5, 0.6) is 0 Å². The summed E-state index contributed by atoms with van der Waals surface area (Å²) in [6.45, 7) is 2.51. The molecule has 2 heterocycles. The van der Waals surface area contributed by atoms with Crippen molar-refractivity contribution in [1.82, 2.24) is 18.5 Å². The van der Waals surface area contributed by atoms with Gasteiger partial charge in [-0.2, -0.15) is 9.10 Å². The molecule has 0 aliphatic carbocycles.